The molecule has 0 aliphatic carbocycles. The zero-order valence-electron chi connectivity index (χ0n) is 10.4. The van der Waals surface area contributed by atoms with Gasteiger partial charge >= 0.3 is 5.97 Å². The van der Waals surface area contributed by atoms with Crippen LogP contribution in [0.25, 0.3) is 0 Å². The third kappa shape index (κ3) is 5.89. The molecular weight excluding hydrogens is 244 g/mol. The minimum absolute atomic E-state index is 0. The van der Waals surface area contributed by atoms with Gasteiger partial charge in [0.25, 0.3) is 0 Å². The fourth-order valence-electron chi connectivity index (χ4n) is 1.94. The van der Waals surface area contributed by atoms with Crippen molar-refractivity contribution >= 4 is 24.3 Å². The van der Waals surface area contributed by atoms with E-state index < -0.39 is 5.97 Å². The largest absolute Gasteiger partial charge is 0.481 e. The highest BCUT2D eigenvalue weighted by atomic mass is 35.5. The molecule has 1 rings (SSSR count). The Labute approximate surface area is 108 Å². The normalized spacial score (nSPS) is 16.8. The van der Waals surface area contributed by atoms with Crippen LogP contribution in [0.3, 0.4) is 0 Å². The SMILES string of the molecule is CC(C)CN1CCN(C(=O)CC(=O)O)CC1.Cl. The molecular formula is C11H21ClN2O3. The molecule has 17 heavy (non-hydrogen) atoms. The average molecular weight is 265 g/mol. The van der Waals surface area contributed by atoms with Crippen molar-refractivity contribution in [1.29, 1.82) is 0 Å². The topological polar surface area (TPSA) is 60.9 Å². The van der Waals surface area contributed by atoms with Gasteiger partial charge in [0.1, 0.15) is 6.42 Å². The number of piperazine rings is 1. The summed E-state index contributed by atoms with van der Waals surface area (Å²) in [5.74, 6) is -0.687. The monoisotopic (exact) mass is 264 g/mol. The number of nitrogens with zero attached hydrogens (tertiary/aromatic N) is 2. The number of halogens is 1. The van der Waals surface area contributed by atoms with Crippen LogP contribution in [0, 0.1) is 5.92 Å². The van der Waals surface area contributed by atoms with Gasteiger partial charge in [-0.15, -0.1) is 12.4 Å². The molecule has 0 atom stereocenters. The number of carbonyl (C=O) groups excluding carboxylic acids is 1. The molecule has 0 spiro atoms. The lowest BCUT2D eigenvalue weighted by molar-refractivity contribution is -0.145. The van der Waals surface area contributed by atoms with Crippen molar-refractivity contribution in [2.45, 2.75) is 20.3 Å². The summed E-state index contributed by atoms with van der Waals surface area (Å²) in [7, 11) is 0. The first-order valence-corrected chi connectivity index (χ1v) is 5.71. The predicted octanol–water partition coefficient (Wildman–Crippen LogP) is 0.683. The lowest BCUT2D eigenvalue weighted by atomic mass is 10.2. The number of carboxylic acid groups (broad SMARTS) is 1. The van der Waals surface area contributed by atoms with E-state index in [9.17, 15) is 9.59 Å². The van der Waals surface area contributed by atoms with Gasteiger partial charge in [0, 0.05) is 32.7 Å². The first-order chi connectivity index (χ1) is 7.49. The molecule has 0 aromatic carbocycles. The lowest BCUT2D eigenvalue weighted by Crippen LogP contribution is -2.49. The Morgan fingerprint density at radius 1 is 1.18 bits per heavy atom. The summed E-state index contributed by atoms with van der Waals surface area (Å²) in [6.45, 7) is 8.38. The van der Waals surface area contributed by atoms with Crippen molar-refractivity contribution in [2.24, 2.45) is 5.92 Å². The lowest BCUT2D eigenvalue weighted by Gasteiger charge is -2.35. The number of carbonyl (C=O) groups is 2. The highest BCUT2D eigenvalue weighted by molar-refractivity contribution is 5.93. The van der Waals surface area contributed by atoms with Crippen LogP contribution in [0.2, 0.25) is 0 Å². The summed E-state index contributed by atoms with van der Waals surface area (Å²) in [4.78, 5) is 25.8. The molecule has 1 heterocycles. The minimum Gasteiger partial charge on any atom is -0.481 e. The van der Waals surface area contributed by atoms with Crippen LogP contribution in [0.5, 0.6) is 0 Å². The smallest absolute Gasteiger partial charge is 0.312 e. The van der Waals surface area contributed by atoms with Crippen LogP contribution in [-0.4, -0.2) is 59.5 Å². The van der Waals surface area contributed by atoms with E-state index in [4.69, 9.17) is 5.11 Å². The van der Waals surface area contributed by atoms with Crippen LogP contribution in [0.1, 0.15) is 20.3 Å². The van der Waals surface area contributed by atoms with Gasteiger partial charge in [0.2, 0.25) is 5.91 Å². The maximum atomic E-state index is 11.5. The third-order valence-corrected chi connectivity index (χ3v) is 2.65. The molecule has 100 valence electrons. The fraction of sp³-hybridized carbons (Fsp3) is 0.818. The molecule has 0 unspecified atom stereocenters. The van der Waals surface area contributed by atoms with Gasteiger partial charge in [0.05, 0.1) is 0 Å². The molecule has 1 fully saturated rings. The summed E-state index contributed by atoms with van der Waals surface area (Å²) in [5.41, 5.74) is 0. The van der Waals surface area contributed by atoms with Gasteiger partial charge in [0.15, 0.2) is 0 Å². The van der Waals surface area contributed by atoms with E-state index in [1.54, 1.807) is 4.90 Å². The summed E-state index contributed by atoms with van der Waals surface area (Å²) in [6.07, 6.45) is -0.385. The van der Waals surface area contributed by atoms with E-state index in [2.05, 4.69) is 18.7 Å². The Morgan fingerprint density at radius 3 is 2.12 bits per heavy atom. The minimum atomic E-state index is -1.05. The number of amides is 1. The molecule has 1 N–H and O–H groups in total. The molecule has 0 aromatic rings. The second-order valence-corrected chi connectivity index (χ2v) is 4.65. The van der Waals surface area contributed by atoms with Gasteiger partial charge < -0.3 is 10.0 Å². The molecule has 6 heteroatoms. The Balaban J connectivity index is 0.00000256. The van der Waals surface area contributed by atoms with Crippen molar-refractivity contribution in [2.75, 3.05) is 32.7 Å². The molecule has 0 radical (unpaired) electrons. The van der Waals surface area contributed by atoms with Crippen LogP contribution in [0.4, 0.5) is 0 Å². The van der Waals surface area contributed by atoms with Crippen molar-refractivity contribution in [3.63, 3.8) is 0 Å². The number of hydrogen-bond donors (Lipinski definition) is 1. The Bertz CT molecular complexity index is 263. The van der Waals surface area contributed by atoms with Crippen molar-refractivity contribution < 1.29 is 14.7 Å². The van der Waals surface area contributed by atoms with Gasteiger partial charge in [-0.3, -0.25) is 14.5 Å². The van der Waals surface area contributed by atoms with Crippen molar-refractivity contribution in [3.8, 4) is 0 Å². The van der Waals surface area contributed by atoms with Gasteiger partial charge in [-0.2, -0.15) is 0 Å². The second kappa shape index (κ2) is 7.50. The van der Waals surface area contributed by atoms with Crippen molar-refractivity contribution in [1.82, 2.24) is 9.80 Å². The summed E-state index contributed by atoms with van der Waals surface area (Å²) in [5, 5.41) is 8.53. The zero-order chi connectivity index (χ0) is 12.1. The van der Waals surface area contributed by atoms with Gasteiger partial charge in [-0.05, 0) is 5.92 Å². The highest BCUT2D eigenvalue weighted by Crippen LogP contribution is 2.06. The molecule has 0 saturated carbocycles. The van der Waals surface area contributed by atoms with Crippen LogP contribution in [0.15, 0.2) is 0 Å². The van der Waals surface area contributed by atoms with Gasteiger partial charge in [-0.25, -0.2) is 0 Å². The standard InChI is InChI=1S/C11H20N2O3.ClH/c1-9(2)8-12-3-5-13(6-4-12)10(14)7-11(15)16;/h9H,3-8H2,1-2H3,(H,15,16);1H. The predicted molar refractivity (Wildman–Crippen MR) is 67.4 cm³/mol. The molecule has 1 aliphatic heterocycles. The number of hydrogen-bond acceptors (Lipinski definition) is 3. The first-order valence-electron chi connectivity index (χ1n) is 5.71. The Kier molecular flexibility index (Phi) is 7.15. The quantitative estimate of drug-likeness (QED) is 0.759. The summed E-state index contributed by atoms with van der Waals surface area (Å²) >= 11 is 0. The summed E-state index contributed by atoms with van der Waals surface area (Å²) in [6, 6.07) is 0. The Hall–Kier alpha value is -0.810. The number of aliphatic carboxylic acids is 1. The van der Waals surface area contributed by atoms with Crippen LogP contribution < -0.4 is 0 Å². The maximum absolute atomic E-state index is 11.5. The van der Waals surface area contributed by atoms with Crippen LogP contribution in [-0.2, 0) is 9.59 Å². The molecule has 5 nitrogen and oxygen atoms in total. The van der Waals surface area contributed by atoms with E-state index in [1.807, 2.05) is 0 Å². The molecule has 0 aromatic heterocycles. The second-order valence-electron chi connectivity index (χ2n) is 4.65. The van der Waals surface area contributed by atoms with Gasteiger partial charge in [-0.1, -0.05) is 13.8 Å². The van der Waals surface area contributed by atoms with Crippen molar-refractivity contribution in [3.05, 3.63) is 0 Å². The number of rotatable bonds is 4. The van der Waals surface area contributed by atoms with E-state index in [1.165, 1.54) is 0 Å². The molecule has 1 saturated heterocycles. The van der Waals surface area contributed by atoms with E-state index >= 15 is 0 Å². The van der Waals surface area contributed by atoms with E-state index in [-0.39, 0.29) is 24.7 Å². The van der Waals surface area contributed by atoms with E-state index in [0.29, 0.717) is 19.0 Å². The maximum Gasteiger partial charge on any atom is 0.312 e. The molecule has 1 amide bonds. The third-order valence-electron chi connectivity index (χ3n) is 2.65. The zero-order valence-corrected chi connectivity index (χ0v) is 11.2. The number of carboxylic acids is 1. The average Bonchev–Trinajstić information content (AvgIpc) is 2.16. The fourth-order valence-corrected chi connectivity index (χ4v) is 1.94. The summed E-state index contributed by atoms with van der Waals surface area (Å²) < 4.78 is 0. The molecule has 1 aliphatic rings. The van der Waals surface area contributed by atoms with E-state index in [0.717, 1.165) is 19.6 Å². The van der Waals surface area contributed by atoms with Crippen LogP contribution >= 0.6 is 12.4 Å². The molecule has 0 bridgehead atoms. The highest BCUT2D eigenvalue weighted by Gasteiger charge is 2.22. The Morgan fingerprint density at radius 2 is 1.71 bits per heavy atom. The first kappa shape index (κ1) is 16.2.